The first kappa shape index (κ1) is 13.5. The quantitative estimate of drug-likeness (QED) is 0.628. The molecule has 0 aliphatic heterocycles. The van der Waals surface area contributed by atoms with Gasteiger partial charge in [-0.25, -0.2) is 4.99 Å². The number of aliphatic imine (C=N–C) groups is 1. The molecule has 0 bridgehead atoms. The third kappa shape index (κ3) is 3.76. The van der Waals surface area contributed by atoms with E-state index in [-0.39, 0.29) is 0 Å². The Bertz CT molecular complexity index is 567. The van der Waals surface area contributed by atoms with Gasteiger partial charge < -0.3 is 4.43 Å². The fourth-order valence-corrected chi connectivity index (χ4v) is 2.43. The highest BCUT2D eigenvalue weighted by Gasteiger charge is 2.05. The van der Waals surface area contributed by atoms with E-state index >= 15 is 0 Å². The Morgan fingerprint density at radius 2 is 1.95 bits per heavy atom. The molecule has 98 valence electrons. The summed E-state index contributed by atoms with van der Waals surface area (Å²) in [4.78, 5) is 8.77. The summed E-state index contributed by atoms with van der Waals surface area (Å²) in [5, 5.41) is 0. The van der Waals surface area contributed by atoms with Crippen LogP contribution >= 0.6 is 0 Å². The third-order valence-electron chi connectivity index (χ3n) is 2.60. The molecule has 1 heterocycles. The molecule has 0 radical (unpaired) electrons. The van der Waals surface area contributed by atoms with E-state index < -0.39 is 9.04 Å². The molecular weight excluding hydrogens is 252 g/mol. The second-order valence-electron chi connectivity index (χ2n) is 4.57. The summed E-state index contributed by atoms with van der Waals surface area (Å²) in [6.07, 6.45) is 3.58. The number of rotatable bonds is 4. The maximum atomic E-state index is 5.90. The molecule has 0 aliphatic carbocycles. The number of nitrogens with zero attached hydrogens (tertiary/aromatic N) is 2. The van der Waals surface area contributed by atoms with Crippen LogP contribution in [0.25, 0.3) is 0 Å². The van der Waals surface area contributed by atoms with Crippen LogP contribution in [0.1, 0.15) is 12.5 Å². The average molecular weight is 270 g/mol. The molecule has 0 saturated heterocycles. The molecule has 0 atom stereocenters. The van der Waals surface area contributed by atoms with Gasteiger partial charge in [0.1, 0.15) is 11.4 Å². The standard InChI is InChI=1S/C15H18N2OSi/c1-12(13-7-6-10-16-11-13)17-14-8-4-5-9-15(14)18-19(2)3/h4-11,19H,1-3H3. The van der Waals surface area contributed by atoms with Gasteiger partial charge in [0.25, 0.3) is 0 Å². The summed E-state index contributed by atoms with van der Waals surface area (Å²) in [6.45, 7) is 6.28. The van der Waals surface area contributed by atoms with Crippen molar-refractivity contribution < 1.29 is 4.43 Å². The Morgan fingerprint density at radius 1 is 1.16 bits per heavy atom. The SMILES string of the molecule is CC(=Nc1ccccc1O[SiH](C)C)c1cccnc1. The second kappa shape index (κ2) is 6.29. The van der Waals surface area contributed by atoms with Crippen molar-refractivity contribution in [3.63, 3.8) is 0 Å². The van der Waals surface area contributed by atoms with Gasteiger partial charge in [0.15, 0.2) is 0 Å². The van der Waals surface area contributed by atoms with Crippen LogP contribution in [0.5, 0.6) is 5.75 Å². The number of hydrogen-bond acceptors (Lipinski definition) is 3. The van der Waals surface area contributed by atoms with E-state index in [1.165, 1.54) is 0 Å². The van der Waals surface area contributed by atoms with E-state index in [2.05, 4.69) is 23.1 Å². The molecule has 0 saturated carbocycles. The normalized spacial score (nSPS) is 11.7. The number of aromatic nitrogens is 1. The van der Waals surface area contributed by atoms with E-state index in [9.17, 15) is 0 Å². The molecule has 1 aromatic heterocycles. The zero-order chi connectivity index (χ0) is 13.7. The van der Waals surface area contributed by atoms with Gasteiger partial charge in [0, 0.05) is 23.7 Å². The van der Waals surface area contributed by atoms with E-state index in [1.54, 1.807) is 6.20 Å². The Hall–Kier alpha value is -1.94. The van der Waals surface area contributed by atoms with Gasteiger partial charge in [0.2, 0.25) is 9.04 Å². The fraction of sp³-hybridized carbons (Fsp3) is 0.200. The van der Waals surface area contributed by atoms with Crippen molar-refractivity contribution in [1.29, 1.82) is 0 Å². The largest absolute Gasteiger partial charge is 0.546 e. The fourth-order valence-electron chi connectivity index (χ4n) is 1.73. The molecule has 0 aliphatic rings. The predicted molar refractivity (Wildman–Crippen MR) is 82.1 cm³/mol. The smallest absolute Gasteiger partial charge is 0.229 e. The van der Waals surface area contributed by atoms with Gasteiger partial charge in [0.05, 0.1) is 0 Å². The maximum Gasteiger partial charge on any atom is 0.229 e. The minimum Gasteiger partial charge on any atom is -0.546 e. The molecule has 0 unspecified atom stereocenters. The lowest BCUT2D eigenvalue weighted by Gasteiger charge is -2.12. The van der Waals surface area contributed by atoms with Crippen LogP contribution in [0.4, 0.5) is 5.69 Å². The van der Waals surface area contributed by atoms with Gasteiger partial charge in [-0.15, -0.1) is 0 Å². The minimum absolute atomic E-state index is 0.868. The summed E-state index contributed by atoms with van der Waals surface area (Å²) in [6, 6.07) is 11.8. The zero-order valence-electron chi connectivity index (χ0n) is 11.5. The summed E-state index contributed by atoms with van der Waals surface area (Å²) in [5.74, 6) is 0.868. The molecular formula is C15H18N2OSi. The predicted octanol–water partition coefficient (Wildman–Crippen LogP) is 3.58. The third-order valence-corrected chi connectivity index (χ3v) is 3.32. The molecule has 0 fully saturated rings. The zero-order valence-corrected chi connectivity index (χ0v) is 12.7. The van der Waals surface area contributed by atoms with Crippen molar-refractivity contribution in [1.82, 2.24) is 4.98 Å². The highest BCUT2D eigenvalue weighted by molar-refractivity contribution is 6.49. The van der Waals surface area contributed by atoms with Crippen molar-refractivity contribution in [3.8, 4) is 5.75 Å². The van der Waals surface area contributed by atoms with Crippen LogP contribution in [0.15, 0.2) is 53.8 Å². The number of benzene rings is 1. The second-order valence-corrected chi connectivity index (χ2v) is 6.91. The molecule has 2 aromatic rings. The van der Waals surface area contributed by atoms with Crippen LogP contribution in [0.3, 0.4) is 0 Å². The van der Waals surface area contributed by atoms with Crippen molar-refractivity contribution in [2.45, 2.75) is 20.0 Å². The van der Waals surface area contributed by atoms with Crippen molar-refractivity contribution in [2.75, 3.05) is 0 Å². The Kier molecular flexibility index (Phi) is 4.47. The first-order chi connectivity index (χ1) is 9.16. The molecule has 0 amide bonds. The highest BCUT2D eigenvalue weighted by Crippen LogP contribution is 2.28. The van der Waals surface area contributed by atoms with E-state index in [0.717, 1.165) is 22.7 Å². The van der Waals surface area contributed by atoms with Gasteiger partial charge in [-0.05, 0) is 38.2 Å². The number of para-hydroxylation sites is 2. The molecule has 19 heavy (non-hydrogen) atoms. The van der Waals surface area contributed by atoms with Gasteiger partial charge >= 0.3 is 0 Å². The van der Waals surface area contributed by atoms with E-state index in [0.29, 0.717) is 0 Å². The number of hydrogen-bond donors (Lipinski definition) is 0. The van der Waals surface area contributed by atoms with E-state index in [4.69, 9.17) is 4.43 Å². The first-order valence-electron chi connectivity index (χ1n) is 6.38. The molecule has 4 heteroatoms. The summed E-state index contributed by atoms with van der Waals surface area (Å²) >= 11 is 0. The van der Waals surface area contributed by atoms with Crippen molar-refractivity contribution in [2.24, 2.45) is 4.99 Å². The van der Waals surface area contributed by atoms with E-state index in [1.807, 2.05) is 49.5 Å². The molecule has 0 spiro atoms. The monoisotopic (exact) mass is 270 g/mol. The lowest BCUT2D eigenvalue weighted by atomic mass is 10.2. The summed E-state index contributed by atoms with van der Waals surface area (Å²) in [5.41, 5.74) is 2.85. The van der Waals surface area contributed by atoms with Crippen LogP contribution in [-0.2, 0) is 0 Å². The maximum absolute atomic E-state index is 5.90. The van der Waals surface area contributed by atoms with Gasteiger partial charge in [-0.1, -0.05) is 18.2 Å². The molecule has 3 nitrogen and oxygen atoms in total. The van der Waals surface area contributed by atoms with Crippen molar-refractivity contribution in [3.05, 3.63) is 54.4 Å². The lowest BCUT2D eigenvalue weighted by Crippen LogP contribution is -2.11. The van der Waals surface area contributed by atoms with Crippen LogP contribution in [-0.4, -0.2) is 19.7 Å². The molecule has 0 N–H and O–H groups in total. The number of pyridine rings is 1. The summed E-state index contributed by atoms with van der Waals surface area (Å²) < 4.78 is 5.90. The molecule has 2 rings (SSSR count). The Balaban J connectivity index is 2.32. The topological polar surface area (TPSA) is 34.5 Å². The van der Waals surface area contributed by atoms with Crippen LogP contribution < -0.4 is 4.43 Å². The van der Waals surface area contributed by atoms with Gasteiger partial charge in [-0.2, -0.15) is 0 Å². The minimum atomic E-state index is -1.13. The lowest BCUT2D eigenvalue weighted by molar-refractivity contribution is 0.582. The Labute approximate surface area is 115 Å². The average Bonchev–Trinajstić information content (AvgIpc) is 2.41. The Morgan fingerprint density at radius 3 is 2.63 bits per heavy atom. The van der Waals surface area contributed by atoms with Gasteiger partial charge in [-0.3, -0.25) is 4.98 Å². The van der Waals surface area contributed by atoms with Crippen LogP contribution in [0.2, 0.25) is 13.1 Å². The highest BCUT2D eigenvalue weighted by atomic mass is 28.3. The van der Waals surface area contributed by atoms with Crippen molar-refractivity contribution >= 4 is 20.4 Å². The molecule has 1 aromatic carbocycles. The van der Waals surface area contributed by atoms with Crippen LogP contribution in [0, 0.1) is 0 Å². The summed E-state index contributed by atoms with van der Waals surface area (Å²) in [7, 11) is -1.13. The first-order valence-corrected chi connectivity index (χ1v) is 9.16.